The maximum atomic E-state index is 12.3. The molecule has 0 aromatic heterocycles. The zero-order chi connectivity index (χ0) is 14.5. The molecule has 1 aliphatic carbocycles. The zero-order valence-electron chi connectivity index (χ0n) is 13.1. The van der Waals surface area contributed by atoms with Crippen molar-refractivity contribution in [2.24, 2.45) is 11.7 Å². The topological polar surface area (TPSA) is 58.4 Å². The van der Waals surface area contributed by atoms with Crippen LogP contribution in [0.5, 0.6) is 0 Å². The van der Waals surface area contributed by atoms with Gasteiger partial charge in [0.25, 0.3) is 0 Å². The van der Waals surface area contributed by atoms with Crippen LogP contribution in [0.4, 0.5) is 0 Å². The minimum Gasteiger partial charge on any atom is -0.352 e. The van der Waals surface area contributed by atoms with E-state index in [2.05, 4.69) is 24.1 Å². The number of carbonyl (C=O) groups is 1. The Balaban J connectivity index is 1.80. The van der Waals surface area contributed by atoms with Gasteiger partial charge in [-0.25, -0.2) is 0 Å². The maximum Gasteiger partial charge on any atom is 0.234 e. The van der Waals surface area contributed by atoms with Crippen molar-refractivity contribution in [2.45, 2.75) is 76.9 Å². The van der Waals surface area contributed by atoms with Crippen molar-refractivity contribution >= 4 is 5.91 Å². The Morgan fingerprint density at radius 3 is 2.50 bits per heavy atom. The second-order valence-corrected chi connectivity index (χ2v) is 6.87. The molecule has 2 fully saturated rings. The molecule has 0 bridgehead atoms. The summed E-state index contributed by atoms with van der Waals surface area (Å²) in [7, 11) is 0. The van der Waals surface area contributed by atoms with Crippen LogP contribution in [-0.2, 0) is 4.79 Å². The van der Waals surface area contributed by atoms with Crippen LogP contribution in [0.1, 0.15) is 58.8 Å². The average molecular weight is 281 g/mol. The molecule has 0 spiro atoms. The van der Waals surface area contributed by atoms with E-state index in [0.717, 1.165) is 25.2 Å². The van der Waals surface area contributed by atoms with Gasteiger partial charge in [0, 0.05) is 24.7 Å². The Morgan fingerprint density at radius 2 is 1.85 bits per heavy atom. The normalized spacial score (nSPS) is 35.8. The van der Waals surface area contributed by atoms with Crippen LogP contribution in [0.2, 0.25) is 0 Å². The van der Waals surface area contributed by atoms with Gasteiger partial charge in [0.05, 0.1) is 6.54 Å². The summed E-state index contributed by atoms with van der Waals surface area (Å²) in [5, 5.41) is 3.23. The van der Waals surface area contributed by atoms with E-state index < -0.39 is 0 Å². The van der Waals surface area contributed by atoms with Crippen LogP contribution in [0.3, 0.4) is 0 Å². The molecule has 0 aromatic carbocycles. The van der Waals surface area contributed by atoms with Gasteiger partial charge in [0.2, 0.25) is 5.91 Å². The fourth-order valence-corrected chi connectivity index (χ4v) is 3.72. The van der Waals surface area contributed by atoms with Crippen molar-refractivity contribution in [2.75, 3.05) is 13.1 Å². The van der Waals surface area contributed by atoms with Gasteiger partial charge in [-0.3, -0.25) is 9.69 Å². The zero-order valence-corrected chi connectivity index (χ0v) is 13.1. The third-order valence-corrected chi connectivity index (χ3v) is 5.17. The summed E-state index contributed by atoms with van der Waals surface area (Å²) < 4.78 is 0. The molecule has 0 radical (unpaired) electrons. The summed E-state index contributed by atoms with van der Waals surface area (Å²) in [4.78, 5) is 14.6. The van der Waals surface area contributed by atoms with Crippen molar-refractivity contribution in [1.82, 2.24) is 10.2 Å². The van der Waals surface area contributed by atoms with E-state index in [9.17, 15) is 4.79 Å². The largest absolute Gasteiger partial charge is 0.352 e. The molecule has 4 nitrogen and oxygen atoms in total. The Labute approximate surface area is 123 Å². The van der Waals surface area contributed by atoms with Gasteiger partial charge in [0.1, 0.15) is 0 Å². The first-order valence-electron chi connectivity index (χ1n) is 8.35. The third-order valence-electron chi connectivity index (χ3n) is 5.17. The minimum absolute atomic E-state index is 0.191. The number of hydrogen-bond acceptors (Lipinski definition) is 3. The Morgan fingerprint density at radius 1 is 1.15 bits per heavy atom. The molecule has 1 saturated heterocycles. The van der Waals surface area contributed by atoms with Gasteiger partial charge in [-0.1, -0.05) is 13.3 Å². The number of carbonyl (C=O) groups excluding carboxylic acids is 1. The lowest BCUT2D eigenvalue weighted by molar-refractivity contribution is -0.124. The van der Waals surface area contributed by atoms with Crippen LogP contribution in [0.25, 0.3) is 0 Å². The number of nitrogens with one attached hydrogen (secondary N) is 1. The van der Waals surface area contributed by atoms with E-state index >= 15 is 0 Å². The molecule has 3 N–H and O–H groups in total. The van der Waals surface area contributed by atoms with Crippen LogP contribution < -0.4 is 11.1 Å². The molecule has 2 aliphatic rings. The number of nitrogens with two attached hydrogens (primary N) is 1. The van der Waals surface area contributed by atoms with Crippen molar-refractivity contribution < 1.29 is 4.79 Å². The molecular formula is C16H31N3O. The smallest absolute Gasteiger partial charge is 0.234 e. The van der Waals surface area contributed by atoms with E-state index in [1.54, 1.807) is 0 Å². The summed E-state index contributed by atoms with van der Waals surface area (Å²) >= 11 is 0. The number of amides is 1. The standard InChI is InChI=1S/C16H31N3O/c1-12-6-8-14(9-7-12)18-16(20)11-19-13(2)4-3-5-15(19)10-17/h12-15H,3-11,17H2,1-2H3,(H,18,20). The Hall–Kier alpha value is -0.610. The average Bonchev–Trinajstić information content (AvgIpc) is 2.43. The fraction of sp³-hybridized carbons (Fsp3) is 0.938. The lowest BCUT2D eigenvalue weighted by Gasteiger charge is -2.40. The summed E-state index contributed by atoms with van der Waals surface area (Å²) in [5.41, 5.74) is 5.86. The molecule has 1 aliphatic heterocycles. The molecule has 2 atom stereocenters. The molecule has 20 heavy (non-hydrogen) atoms. The van der Waals surface area contributed by atoms with Crippen LogP contribution in [-0.4, -0.2) is 42.0 Å². The molecule has 0 aromatic rings. The van der Waals surface area contributed by atoms with Gasteiger partial charge in [-0.15, -0.1) is 0 Å². The number of likely N-dealkylation sites (tertiary alicyclic amines) is 1. The number of hydrogen-bond donors (Lipinski definition) is 2. The van der Waals surface area contributed by atoms with E-state index in [1.165, 1.54) is 25.7 Å². The molecule has 4 heteroatoms. The quantitative estimate of drug-likeness (QED) is 0.827. The molecule has 1 heterocycles. The second kappa shape index (κ2) is 7.41. The van der Waals surface area contributed by atoms with Gasteiger partial charge >= 0.3 is 0 Å². The molecule has 2 unspecified atom stereocenters. The van der Waals surface area contributed by atoms with Crippen molar-refractivity contribution in [3.05, 3.63) is 0 Å². The first-order chi connectivity index (χ1) is 9.60. The van der Waals surface area contributed by atoms with Gasteiger partial charge in [-0.2, -0.15) is 0 Å². The van der Waals surface area contributed by atoms with Crippen molar-refractivity contribution in [3.63, 3.8) is 0 Å². The number of nitrogens with zero attached hydrogens (tertiary/aromatic N) is 1. The molecule has 2 rings (SSSR count). The monoisotopic (exact) mass is 281 g/mol. The third kappa shape index (κ3) is 4.19. The lowest BCUT2D eigenvalue weighted by Crippen LogP contribution is -2.53. The van der Waals surface area contributed by atoms with Crippen molar-refractivity contribution in [3.8, 4) is 0 Å². The fourth-order valence-electron chi connectivity index (χ4n) is 3.72. The lowest BCUT2D eigenvalue weighted by atomic mass is 9.87. The van der Waals surface area contributed by atoms with Gasteiger partial charge in [-0.05, 0) is 51.4 Å². The molecule has 1 amide bonds. The highest BCUT2D eigenvalue weighted by Crippen LogP contribution is 2.24. The highest BCUT2D eigenvalue weighted by molar-refractivity contribution is 5.78. The van der Waals surface area contributed by atoms with E-state index in [1.807, 2.05) is 0 Å². The predicted octanol–water partition coefficient (Wildman–Crippen LogP) is 1.88. The summed E-state index contributed by atoms with van der Waals surface area (Å²) in [6.07, 6.45) is 8.33. The SMILES string of the molecule is CC1CCC(NC(=O)CN2C(C)CCCC2CN)CC1. The highest BCUT2D eigenvalue weighted by atomic mass is 16.2. The number of rotatable bonds is 4. The highest BCUT2D eigenvalue weighted by Gasteiger charge is 2.29. The number of piperidine rings is 1. The van der Waals surface area contributed by atoms with Gasteiger partial charge < -0.3 is 11.1 Å². The summed E-state index contributed by atoms with van der Waals surface area (Å²) in [6.45, 7) is 5.71. The second-order valence-electron chi connectivity index (χ2n) is 6.87. The first-order valence-corrected chi connectivity index (χ1v) is 8.35. The maximum absolute atomic E-state index is 12.3. The van der Waals surface area contributed by atoms with Crippen LogP contribution in [0.15, 0.2) is 0 Å². The van der Waals surface area contributed by atoms with E-state index in [-0.39, 0.29) is 5.91 Å². The Bertz CT molecular complexity index is 313. The van der Waals surface area contributed by atoms with Crippen LogP contribution in [0, 0.1) is 5.92 Å². The Kier molecular flexibility index (Phi) is 5.85. The first kappa shape index (κ1) is 15.8. The van der Waals surface area contributed by atoms with Crippen molar-refractivity contribution in [1.29, 1.82) is 0 Å². The van der Waals surface area contributed by atoms with E-state index in [4.69, 9.17) is 5.73 Å². The molecule has 116 valence electrons. The molecule has 1 saturated carbocycles. The summed E-state index contributed by atoms with van der Waals surface area (Å²) in [5.74, 6) is 1.02. The molecular weight excluding hydrogens is 250 g/mol. The minimum atomic E-state index is 0.191. The van der Waals surface area contributed by atoms with Crippen LogP contribution >= 0.6 is 0 Å². The van der Waals surface area contributed by atoms with E-state index in [0.29, 0.717) is 31.2 Å². The van der Waals surface area contributed by atoms with Gasteiger partial charge in [0.15, 0.2) is 0 Å². The summed E-state index contributed by atoms with van der Waals surface area (Å²) in [6, 6.07) is 1.26. The predicted molar refractivity (Wildman–Crippen MR) is 82.4 cm³/mol.